The number of aromatic hydroxyl groups is 1. The lowest BCUT2D eigenvalue weighted by Crippen LogP contribution is -1.91. The summed E-state index contributed by atoms with van der Waals surface area (Å²) >= 11 is 0. The lowest BCUT2D eigenvalue weighted by Gasteiger charge is -2.05. The van der Waals surface area contributed by atoms with E-state index in [4.69, 9.17) is 5.26 Å². The second-order valence-electron chi connectivity index (χ2n) is 5.41. The maximum absolute atomic E-state index is 9.68. The van der Waals surface area contributed by atoms with Crippen LogP contribution in [0.4, 0.5) is 0 Å². The Labute approximate surface area is 138 Å². The number of hydrogen-bond acceptors (Lipinski definition) is 4. The summed E-state index contributed by atoms with van der Waals surface area (Å²) in [6.45, 7) is 0. The van der Waals surface area contributed by atoms with Crippen molar-refractivity contribution in [2.45, 2.75) is 0 Å². The summed E-state index contributed by atoms with van der Waals surface area (Å²) in [6, 6.07) is 20.3. The third-order valence-electron chi connectivity index (χ3n) is 3.85. The molecule has 5 nitrogen and oxygen atoms in total. The van der Waals surface area contributed by atoms with Crippen LogP contribution >= 0.6 is 0 Å². The summed E-state index contributed by atoms with van der Waals surface area (Å²) in [5, 5.41) is 27.0. The van der Waals surface area contributed by atoms with E-state index >= 15 is 0 Å². The van der Waals surface area contributed by atoms with Gasteiger partial charge >= 0.3 is 0 Å². The summed E-state index contributed by atoms with van der Waals surface area (Å²) in [7, 11) is 0. The molecule has 2 aromatic carbocycles. The van der Waals surface area contributed by atoms with Gasteiger partial charge in [-0.2, -0.15) is 5.26 Å². The van der Waals surface area contributed by atoms with Gasteiger partial charge in [0.15, 0.2) is 11.5 Å². The van der Waals surface area contributed by atoms with E-state index in [0.717, 1.165) is 22.3 Å². The van der Waals surface area contributed by atoms with Gasteiger partial charge in [0.2, 0.25) is 0 Å². The molecule has 0 aliphatic heterocycles. The lowest BCUT2D eigenvalue weighted by molar-refractivity contribution is 0.475. The minimum Gasteiger partial charge on any atom is -0.508 e. The van der Waals surface area contributed by atoms with E-state index in [1.165, 1.54) is 0 Å². The SMILES string of the molecule is N#Cc1ccc(-c2ccc3nnc(-c4cccc(O)c4)n3c2)cc1. The van der Waals surface area contributed by atoms with Crippen LogP contribution in [-0.4, -0.2) is 19.7 Å². The van der Waals surface area contributed by atoms with Gasteiger partial charge in [0.05, 0.1) is 11.6 Å². The summed E-state index contributed by atoms with van der Waals surface area (Å²) in [5.41, 5.74) is 4.15. The van der Waals surface area contributed by atoms with Crippen LogP contribution in [-0.2, 0) is 0 Å². The van der Waals surface area contributed by atoms with Crippen LogP contribution in [0.3, 0.4) is 0 Å². The number of aromatic nitrogens is 3. The number of pyridine rings is 1. The van der Waals surface area contributed by atoms with Crippen molar-refractivity contribution in [1.82, 2.24) is 14.6 Å². The highest BCUT2D eigenvalue weighted by atomic mass is 16.3. The van der Waals surface area contributed by atoms with Crippen molar-refractivity contribution in [3.63, 3.8) is 0 Å². The molecule has 0 aliphatic carbocycles. The van der Waals surface area contributed by atoms with Crippen LogP contribution in [0.15, 0.2) is 66.9 Å². The minimum absolute atomic E-state index is 0.187. The Balaban J connectivity index is 1.85. The van der Waals surface area contributed by atoms with E-state index < -0.39 is 0 Å². The maximum atomic E-state index is 9.68. The number of fused-ring (bicyclic) bond motifs is 1. The number of hydrogen-bond donors (Lipinski definition) is 1. The number of rotatable bonds is 2. The zero-order valence-corrected chi connectivity index (χ0v) is 12.6. The van der Waals surface area contributed by atoms with Crippen molar-refractivity contribution in [3.8, 4) is 34.3 Å². The van der Waals surface area contributed by atoms with Crippen LogP contribution < -0.4 is 0 Å². The molecule has 0 spiro atoms. The number of nitrogens with zero attached hydrogens (tertiary/aromatic N) is 4. The first kappa shape index (κ1) is 14.0. The van der Waals surface area contributed by atoms with Gasteiger partial charge < -0.3 is 5.11 Å². The molecule has 0 saturated carbocycles. The van der Waals surface area contributed by atoms with Crippen molar-refractivity contribution in [2.24, 2.45) is 0 Å². The molecule has 0 aliphatic rings. The van der Waals surface area contributed by atoms with Crippen molar-refractivity contribution >= 4 is 5.65 Å². The monoisotopic (exact) mass is 312 g/mol. The Morgan fingerprint density at radius 2 is 1.67 bits per heavy atom. The molecule has 0 bridgehead atoms. The minimum atomic E-state index is 0.187. The van der Waals surface area contributed by atoms with Gasteiger partial charge in [0.1, 0.15) is 5.75 Å². The zero-order valence-electron chi connectivity index (χ0n) is 12.6. The third-order valence-corrected chi connectivity index (χ3v) is 3.85. The fourth-order valence-corrected chi connectivity index (χ4v) is 2.64. The van der Waals surface area contributed by atoms with E-state index in [9.17, 15) is 5.11 Å². The van der Waals surface area contributed by atoms with E-state index in [-0.39, 0.29) is 5.75 Å². The molecule has 1 N–H and O–H groups in total. The highest BCUT2D eigenvalue weighted by Crippen LogP contribution is 2.25. The maximum Gasteiger partial charge on any atom is 0.168 e. The molecule has 0 unspecified atom stereocenters. The number of nitriles is 1. The van der Waals surface area contributed by atoms with Gasteiger partial charge in [-0.25, -0.2) is 0 Å². The molecule has 0 radical (unpaired) electrons. The van der Waals surface area contributed by atoms with Crippen LogP contribution in [0.25, 0.3) is 28.2 Å². The topological polar surface area (TPSA) is 74.2 Å². The quantitative estimate of drug-likeness (QED) is 0.613. The van der Waals surface area contributed by atoms with Crippen LogP contribution in [0.2, 0.25) is 0 Å². The molecule has 2 heterocycles. The zero-order chi connectivity index (χ0) is 16.5. The van der Waals surface area contributed by atoms with Gasteiger partial charge in [-0.3, -0.25) is 4.40 Å². The summed E-state index contributed by atoms with van der Waals surface area (Å²) in [4.78, 5) is 0. The molecule has 0 fully saturated rings. The van der Waals surface area contributed by atoms with Gasteiger partial charge in [0, 0.05) is 11.8 Å². The standard InChI is InChI=1S/C19H12N4O/c20-11-13-4-6-14(7-5-13)16-8-9-18-21-22-19(23(18)12-16)15-2-1-3-17(24)10-15/h1-10,12,24H. The van der Waals surface area contributed by atoms with E-state index in [0.29, 0.717) is 11.4 Å². The Kier molecular flexibility index (Phi) is 3.22. The summed E-state index contributed by atoms with van der Waals surface area (Å²) in [5.74, 6) is 0.851. The number of phenols is 1. The Morgan fingerprint density at radius 1 is 0.875 bits per heavy atom. The largest absolute Gasteiger partial charge is 0.508 e. The summed E-state index contributed by atoms with van der Waals surface area (Å²) in [6.07, 6.45) is 1.95. The van der Waals surface area contributed by atoms with Gasteiger partial charge in [-0.05, 0) is 47.5 Å². The van der Waals surface area contributed by atoms with E-state index in [1.54, 1.807) is 30.3 Å². The molecular formula is C19H12N4O. The first-order chi connectivity index (χ1) is 11.7. The fraction of sp³-hybridized carbons (Fsp3) is 0. The van der Waals surface area contributed by atoms with Gasteiger partial charge in [-0.15, -0.1) is 10.2 Å². The molecule has 4 aromatic rings. The van der Waals surface area contributed by atoms with Gasteiger partial charge in [-0.1, -0.05) is 24.3 Å². The van der Waals surface area contributed by atoms with Crippen molar-refractivity contribution in [2.75, 3.05) is 0 Å². The Bertz CT molecular complexity index is 1070. The molecule has 5 heteroatoms. The van der Waals surface area contributed by atoms with Crippen LogP contribution in [0.1, 0.15) is 5.56 Å². The molecule has 0 saturated heterocycles. The molecule has 0 amide bonds. The fourth-order valence-electron chi connectivity index (χ4n) is 2.64. The molecular weight excluding hydrogens is 300 g/mol. The predicted molar refractivity (Wildman–Crippen MR) is 90.2 cm³/mol. The first-order valence-electron chi connectivity index (χ1n) is 7.39. The van der Waals surface area contributed by atoms with E-state index in [2.05, 4.69) is 16.3 Å². The second-order valence-corrected chi connectivity index (χ2v) is 5.41. The highest BCUT2D eigenvalue weighted by Gasteiger charge is 2.10. The normalized spacial score (nSPS) is 10.6. The lowest BCUT2D eigenvalue weighted by atomic mass is 10.1. The Morgan fingerprint density at radius 3 is 2.42 bits per heavy atom. The predicted octanol–water partition coefficient (Wildman–Crippen LogP) is 3.64. The van der Waals surface area contributed by atoms with E-state index in [1.807, 2.05) is 40.9 Å². The van der Waals surface area contributed by atoms with Gasteiger partial charge in [0.25, 0.3) is 0 Å². The average Bonchev–Trinajstić information content (AvgIpc) is 3.05. The molecule has 2 aromatic heterocycles. The average molecular weight is 312 g/mol. The third kappa shape index (κ3) is 2.36. The molecule has 4 rings (SSSR count). The van der Waals surface area contributed by atoms with Crippen molar-refractivity contribution < 1.29 is 5.11 Å². The second kappa shape index (κ2) is 5.52. The summed E-state index contributed by atoms with van der Waals surface area (Å²) < 4.78 is 1.89. The first-order valence-corrected chi connectivity index (χ1v) is 7.39. The number of benzene rings is 2. The van der Waals surface area contributed by atoms with Crippen LogP contribution in [0, 0.1) is 11.3 Å². The molecule has 24 heavy (non-hydrogen) atoms. The molecule has 114 valence electrons. The highest BCUT2D eigenvalue weighted by molar-refractivity contribution is 5.68. The number of phenolic OH excluding ortho intramolecular Hbond substituents is 1. The van der Waals surface area contributed by atoms with Crippen molar-refractivity contribution in [3.05, 3.63) is 72.4 Å². The Hall–Kier alpha value is -3.65. The molecule has 0 atom stereocenters. The smallest absolute Gasteiger partial charge is 0.168 e. The van der Waals surface area contributed by atoms with Crippen molar-refractivity contribution in [1.29, 1.82) is 5.26 Å². The van der Waals surface area contributed by atoms with Crippen LogP contribution in [0.5, 0.6) is 5.75 Å².